The summed E-state index contributed by atoms with van der Waals surface area (Å²) in [6, 6.07) is 4.28. The second-order valence-corrected chi connectivity index (χ2v) is 5.55. The normalized spacial score (nSPS) is 20.7. The summed E-state index contributed by atoms with van der Waals surface area (Å²) in [4.78, 5) is 14.3. The van der Waals surface area contributed by atoms with Crippen LogP contribution in [0.4, 0.5) is 4.39 Å². The number of carbonyl (C=O) groups excluding carboxylic acids is 1. The van der Waals surface area contributed by atoms with Crippen LogP contribution < -0.4 is 5.32 Å². The highest BCUT2D eigenvalue weighted by molar-refractivity contribution is 9.10. The Morgan fingerprint density at radius 3 is 3.00 bits per heavy atom. The summed E-state index contributed by atoms with van der Waals surface area (Å²) in [5.41, 5.74) is 0.477. The van der Waals surface area contributed by atoms with Crippen LogP contribution in [0.1, 0.15) is 23.2 Å². The average molecular weight is 315 g/mol. The first-order valence-corrected chi connectivity index (χ1v) is 6.80. The Bertz CT molecular complexity index is 453. The quantitative estimate of drug-likeness (QED) is 0.909. The third-order valence-electron chi connectivity index (χ3n) is 3.14. The minimum atomic E-state index is -0.351. The largest absolute Gasteiger partial charge is 0.348 e. The number of hydrogen-bond acceptors (Lipinski definition) is 2. The maximum Gasteiger partial charge on any atom is 0.252 e. The topological polar surface area (TPSA) is 32.3 Å². The van der Waals surface area contributed by atoms with Crippen LogP contribution in [0.15, 0.2) is 22.7 Å². The Morgan fingerprint density at radius 1 is 1.56 bits per heavy atom. The number of nitrogens with zero attached hydrogens (tertiary/aromatic N) is 1. The third kappa shape index (κ3) is 3.29. The van der Waals surface area contributed by atoms with Crippen molar-refractivity contribution in [1.82, 2.24) is 10.2 Å². The molecule has 1 aromatic carbocycles. The second-order valence-electron chi connectivity index (χ2n) is 4.70. The number of likely N-dealkylation sites (N-methyl/N-ethyl adjacent to an activating group) is 1. The first kappa shape index (κ1) is 13.5. The highest BCUT2D eigenvalue weighted by Gasteiger charge is 2.20. The summed E-state index contributed by atoms with van der Waals surface area (Å²) in [6.45, 7) is 1.94. The standard InChI is InChI=1S/C13H16BrFN2O/c1-17-6-2-3-10(8-17)16-13(18)11-5-4-9(15)7-12(11)14/h4-5,7,10H,2-3,6,8H2,1H3,(H,16,18). The number of likely N-dealkylation sites (tertiary alicyclic amines) is 1. The molecular formula is C13H16BrFN2O. The summed E-state index contributed by atoms with van der Waals surface area (Å²) in [5.74, 6) is -0.502. The zero-order chi connectivity index (χ0) is 13.1. The fourth-order valence-electron chi connectivity index (χ4n) is 2.22. The lowest BCUT2D eigenvalue weighted by atomic mass is 10.1. The summed E-state index contributed by atoms with van der Waals surface area (Å²) in [5, 5.41) is 2.99. The molecular weight excluding hydrogens is 299 g/mol. The van der Waals surface area contributed by atoms with Crippen molar-refractivity contribution in [3.05, 3.63) is 34.1 Å². The van der Waals surface area contributed by atoms with Crippen molar-refractivity contribution in [2.45, 2.75) is 18.9 Å². The SMILES string of the molecule is CN1CCCC(NC(=O)c2ccc(F)cc2Br)C1. The average Bonchev–Trinajstić information content (AvgIpc) is 2.28. The van der Waals surface area contributed by atoms with E-state index in [4.69, 9.17) is 0 Å². The minimum absolute atomic E-state index is 0.151. The van der Waals surface area contributed by atoms with Crippen LogP contribution in [0.2, 0.25) is 0 Å². The van der Waals surface area contributed by atoms with Gasteiger partial charge in [0.25, 0.3) is 5.91 Å². The number of hydrogen-bond donors (Lipinski definition) is 1. The van der Waals surface area contributed by atoms with E-state index in [9.17, 15) is 9.18 Å². The molecule has 3 nitrogen and oxygen atoms in total. The van der Waals surface area contributed by atoms with Crippen molar-refractivity contribution >= 4 is 21.8 Å². The fourth-order valence-corrected chi connectivity index (χ4v) is 2.75. The summed E-state index contributed by atoms with van der Waals surface area (Å²) < 4.78 is 13.4. The molecule has 1 atom stereocenters. The smallest absolute Gasteiger partial charge is 0.252 e. The van der Waals surface area contributed by atoms with Crippen molar-refractivity contribution in [2.75, 3.05) is 20.1 Å². The first-order chi connectivity index (χ1) is 8.56. The predicted molar refractivity (Wildman–Crippen MR) is 72.1 cm³/mol. The Morgan fingerprint density at radius 2 is 2.33 bits per heavy atom. The number of carbonyl (C=O) groups is 1. The molecule has 1 fully saturated rings. The molecule has 1 saturated heterocycles. The van der Waals surface area contributed by atoms with Crippen LogP contribution in [-0.2, 0) is 0 Å². The molecule has 98 valence electrons. The number of halogens is 2. The van der Waals surface area contributed by atoms with E-state index in [1.54, 1.807) is 0 Å². The zero-order valence-electron chi connectivity index (χ0n) is 10.2. The van der Waals surface area contributed by atoms with Gasteiger partial charge in [-0.2, -0.15) is 0 Å². The van der Waals surface area contributed by atoms with E-state index in [0.717, 1.165) is 25.9 Å². The van der Waals surface area contributed by atoms with Gasteiger partial charge in [-0.25, -0.2) is 4.39 Å². The van der Waals surface area contributed by atoms with Gasteiger partial charge >= 0.3 is 0 Å². The summed E-state index contributed by atoms with van der Waals surface area (Å²) >= 11 is 3.21. The van der Waals surface area contributed by atoms with Crippen molar-refractivity contribution in [3.63, 3.8) is 0 Å². The summed E-state index contributed by atoms with van der Waals surface area (Å²) in [6.07, 6.45) is 2.08. The van der Waals surface area contributed by atoms with E-state index >= 15 is 0 Å². The zero-order valence-corrected chi connectivity index (χ0v) is 11.8. The van der Waals surface area contributed by atoms with Gasteiger partial charge in [-0.05, 0) is 60.6 Å². The third-order valence-corrected chi connectivity index (χ3v) is 3.79. The van der Waals surface area contributed by atoms with Gasteiger partial charge in [-0.3, -0.25) is 4.79 Å². The van der Waals surface area contributed by atoms with E-state index in [1.807, 2.05) is 7.05 Å². The molecule has 1 amide bonds. The van der Waals surface area contributed by atoms with Crippen LogP contribution in [0, 0.1) is 5.82 Å². The van der Waals surface area contributed by atoms with Gasteiger partial charge in [-0.1, -0.05) is 0 Å². The van der Waals surface area contributed by atoms with Crippen LogP contribution in [0.5, 0.6) is 0 Å². The number of piperidine rings is 1. The van der Waals surface area contributed by atoms with E-state index in [2.05, 4.69) is 26.1 Å². The maximum atomic E-state index is 13.0. The molecule has 0 aromatic heterocycles. The molecule has 5 heteroatoms. The van der Waals surface area contributed by atoms with E-state index in [-0.39, 0.29) is 17.8 Å². The number of benzene rings is 1. The first-order valence-electron chi connectivity index (χ1n) is 6.00. The highest BCUT2D eigenvalue weighted by atomic mass is 79.9. The lowest BCUT2D eigenvalue weighted by Crippen LogP contribution is -2.46. The lowest BCUT2D eigenvalue weighted by Gasteiger charge is -2.30. The molecule has 1 heterocycles. The Balaban J connectivity index is 2.03. The number of rotatable bonds is 2. The van der Waals surface area contributed by atoms with Gasteiger partial charge < -0.3 is 10.2 Å². The Hall–Kier alpha value is -0.940. The molecule has 0 aliphatic carbocycles. The lowest BCUT2D eigenvalue weighted by molar-refractivity contribution is 0.0911. The van der Waals surface area contributed by atoms with Crippen molar-refractivity contribution in [1.29, 1.82) is 0 Å². The van der Waals surface area contributed by atoms with Gasteiger partial charge in [0, 0.05) is 17.1 Å². The summed E-state index contributed by atoms with van der Waals surface area (Å²) in [7, 11) is 2.05. The van der Waals surface area contributed by atoms with Gasteiger partial charge in [0.2, 0.25) is 0 Å². The molecule has 0 spiro atoms. The van der Waals surface area contributed by atoms with Crippen LogP contribution in [0.3, 0.4) is 0 Å². The highest BCUT2D eigenvalue weighted by Crippen LogP contribution is 2.18. The molecule has 0 bridgehead atoms. The van der Waals surface area contributed by atoms with Crippen LogP contribution in [0.25, 0.3) is 0 Å². The van der Waals surface area contributed by atoms with Crippen LogP contribution >= 0.6 is 15.9 Å². The monoisotopic (exact) mass is 314 g/mol. The second kappa shape index (κ2) is 5.80. The van der Waals surface area contributed by atoms with Gasteiger partial charge in [0.15, 0.2) is 0 Å². The number of amides is 1. The van der Waals surface area contributed by atoms with Crippen molar-refractivity contribution < 1.29 is 9.18 Å². The molecule has 2 rings (SSSR count). The molecule has 0 saturated carbocycles. The molecule has 1 aliphatic heterocycles. The van der Waals surface area contributed by atoms with Gasteiger partial charge in [-0.15, -0.1) is 0 Å². The minimum Gasteiger partial charge on any atom is -0.348 e. The van der Waals surface area contributed by atoms with Crippen molar-refractivity contribution in [2.24, 2.45) is 0 Å². The van der Waals surface area contributed by atoms with Crippen molar-refractivity contribution in [3.8, 4) is 0 Å². The van der Waals surface area contributed by atoms with Gasteiger partial charge in [0.1, 0.15) is 5.82 Å². The molecule has 1 aromatic rings. The maximum absolute atomic E-state index is 13.0. The van der Waals surface area contributed by atoms with E-state index in [1.165, 1.54) is 18.2 Å². The van der Waals surface area contributed by atoms with E-state index in [0.29, 0.717) is 10.0 Å². The Labute approximate surface area is 114 Å². The molecule has 1 N–H and O–H groups in total. The predicted octanol–water partition coefficient (Wildman–Crippen LogP) is 2.41. The van der Waals surface area contributed by atoms with Crippen LogP contribution in [-0.4, -0.2) is 37.0 Å². The molecule has 0 radical (unpaired) electrons. The molecule has 1 aliphatic rings. The van der Waals surface area contributed by atoms with E-state index < -0.39 is 0 Å². The molecule has 18 heavy (non-hydrogen) atoms. The Kier molecular flexibility index (Phi) is 4.35. The van der Waals surface area contributed by atoms with Gasteiger partial charge in [0.05, 0.1) is 5.56 Å². The number of nitrogens with one attached hydrogen (secondary N) is 1. The fraction of sp³-hybridized carbons (Fsp3) is 0.462. The molecule has 1 unspecified atom stereocenters.